The van der Waals surface area contributed by atoms with Gasteiger partial charge in [0.1, 0.15) is 17.6 Å². The van der Waals surface area contributed by atoms with E-state index in [1.807, 2.05) is 24.3 Å². The summed E-state index contributed by atoms with van der Waals surface area (Å²) >= 11 is 1.37. The predicted molar refractivity (Wildman–Crippen MR) is 130 cm³/mol. The summed E-state index contributed by atoms with van der Waals surface area (Å²) in [4.78, 5) is 31.0. The fourth-order valence-corrected chi connectivity index (χ4v) is 5.09. The number of nitrogens with zero attached hydrogens (tertiary/aromatic N) is 3. The maximum atomic E-state index is 13.5. The van der Waals surface area contributed by atoms with Crippen molar-refractivity contribution in [3.8, 4) is 5.75 Å². The highest BCUT2D eigenvalue weighted by atomic mass is 32.1. The van der Waals surface area contributed by atoms with Gasteiger partial charge < -0.3 is 9.15 Å². The highest BCUT2D eigenvalue weighted by molar-refractivity contribution is 7.22. The Kier molecular flexibility index (Phi) is 5.92. The Bertz CT molecular complexity index is 1400. The van der Waals surface area contributed by atoms with Gasteiger partial charge in [-0.25, -0.2) is 4.98 Å². The number of aromatic nitrogens is 1. The second-order valence-electron chi connectivity index (χ2n) is 8.08. The van der Waals surface area contributed by atoms with Crippen LogP contribution in [0.3, 0.4) is 0 Å². The molecule has 7 nitrogen and oxygen atoms in total. The number of ether oxygens (including phenoxy) is 1. The van der Waals surface area contributed by atoms with Gasteiger partial charge in [0.15, 0.2) is 0 Å². The summed E-state index contributed by atoms with van der Waals surface area (Å²) in [7, 11) is 1.61. The summed E-state index contributed by atoms with van der Waals surface area (Å²) in [5.74, 6) is 0.521. The summed E-state index contributed by atoms with van der Waals surface area (Å²) in [6, 6.07) is 12.6. The lowest BCUT2D eigenvalue weighted by Gasteiger charge is -2.24. The van der Waals surface area contributed by atoms with Crippen molar-refractivity contribution in [1.82, 2.24) is 4.98 Å². The van der Waals surface area contributed by atoms with Crippen molar-refractivity contribution in [3.05, 3.63) is 64.5 Å². The van der Waals surface area contributed by atoms with Crippen LogP contribution in [0, 0.1) is 5.92 Å². The van der Waals surface area contributed by atoms with E-state index in [0.717, 1.165) is 48.1 Å². The third kappa shape index (κ3) is 4.26. The third-order valence-electron chi connectivity index (χ3n) is 5.95. The number of anilines is 1. The molecule has 33 heavy (non-hydrogen) atoms. The summed E-state index contributed by atoms with van der Waals surface area (Å²) in [5, 5.41) is 6.75. The van der Waals surface area contributed by atoms with Crippen molar-refractivity contribution in [3.63, 3.8) is 0 Å². The number of hydrogen-bond donors (Lipinski definition) is 0. The number of amides is 1. The van der Waals surface area contributed by atoms with Crippen molar-refractivity contribution in [2.45, 2.75) is 32.1 Å². The molecule has 5 rings (SSSR count). The maximum Gasteiger partial charge on any atom is 0.252 e. The van der Waals surface area contributed by atoms with Crippen molar-refractivity contribution in [2.24, 2.45) is 11.0 Å². The Labute approximate surface area is 194 Å². The molecule has 0 unspecified atom stereocenters. The molecule has 0 saturated heterocycles. The van der Waals surface area contributed by atoms with E-state index in [9.17, 15) is 9.59 Å². The van der Waals surface area contributed by atoms with Gasteiger partial charge >= 0.3 is 0 Å². The zero-order valence-corrected chi connectivity index (χ0v) is 19.0. The highest BCUT2D eigenvalue weighted by Crippen LogP contribution is 2.34. The summed E-state index contributed by atoms with van der Waals surface area (Å²) in [6.45, 7) is 0. The Hall–Kier alpha value is -3.52. The van der Waals surface area contributed by atoms with Gasteiger partial charge in [0, 0.05) is 5.92 Å². The zero-order chi connectivity index (χ0) is 22.8. The molecule has 1 aliphatic carbocycles. The molecule has 0 N–H and O–H groups in total. The predicted octanol–water partition coefficient (Wildman–Crippen LogP) is 5.36. The topological polar surface area (TPSA) is 85.0 Å². The quantitative estimate of drug-likeness (QED) is 0.295. The summed E-state index contributed by atoms with van der Waals surface area (Å²) in [6.07, 6.45) is 7.64. The molecule has 0 aliphatic heterocycles. The summed E-state index contributed by atoms with van der Waals surface area (Å²) < 4.78 is 11.8. The van der Waals surface area contributed by atoms with Crippen LogP contribution in [-0.2, 0) is 4.79 Å². The normalized spacial score (nSPS) is 14.8. The Morgan fingerprint density at radius 2 is 2.03 bits per heavy atom. The van der Waals surface area contributed by atoms with Crippen LogP contribution in [0.1, 0.15) is 37.7 Å². The average Bonchev–Trinajstić information content (AvgIpc) is 3.29. The number of hydrogen-bond acceptors (Lipinski definition) is 7. The van der Waals surface area contributed by atoms with E-state index in [1.54, 1.807) is 25.3 Å². The minimum absolute atomic E-state index is 0.0952. The van der Waals surface area contributed by atoms with Crippen LogP contribution in [0.15, 0.2) is 63.0 Å². The molecule has 2 aromatic carbocycles. The smallest absolute Gasteiger partial charge is 0.252 e. The molecule has 8 heteroatoms. The van der Waals surface area contributed by atoms with Gasteiger partial charge in [-0.15, -0.1) is 0 Å². The molecule has 168 valence electrons. The summed E-state index contributed by atoms with van der Waals surface area (Å²) in [5.41, 5.74) is 1.35. The Morgan fingerprint density at radius 3 is 2.85 bits per heavy atom. The van der Waals surface area contributed by atoms with Gasteiger partial charge in [0.2, 0.25) is 10.6 Å². The first kappa shape index (κ1) is 21.3. The van der Waals surface area contributed by atoms with Crippen molar-refractivity contribution in [1.29, 1.82) is 0 Å². The third-order valence-corrected chi connectivity index (χ3v) is 6.94. The SMILES string of the molecule is COc1ccc2nc(N(/N=C/c3coc4ccccc4c3=O)C(=O)C3CCCCC3)sc2c1. The van der Waals surface area contributed by atoms with Gasteiger partial charge in [-0.3, -0.25) is 9.59 Å². The number of thiazole rings is 1. The van der Waals surface area contributed by atoms with Crippen LogP contribution in [0.5, 0.6) is 5.75 Å². The molecule has 1 aliphatic rings. The van der Waals surface area contributed by atoms with E-state index in [1.165, 1.54) is 28.8 Å². The Balaban J connectivity index is 1.55. The van der Waals surface area contributed by atoms with Crippen molar-refractivity contribution >= 4 is 49.8 Å². The average molecular weight is 462 g/mol. The standard InChI is InChI=1S/C25H23N3O4S/c1-31-18-11-12-20-22(13-18)33-25(27-20)28(24(30)16-7-3-2-4-8-16)26-14-17-15-32-21-10-6-5-9-19(21)23(17)29/h5-6,9-16H,2-4,7-8H2,1H3/b26-14+. The molecule has 4 aromatic rings. The van der Waals surface area contributed by atoms with Gasteiger partial charge in [-0.1, -0.05) is 42.7 Å². The van der Waals surface area contributed by atoms with E-state index in [-0.39, 0.29) is 22.8 Å². The first-order valence-corrected chi connectivity index (χ1v) is 11.8. The molecule has 2 heterocycles. The van der Waals surface area contributed by atoms with Crippen molar-refractivity contribution < 1.29 is 13.9 Å². The number of hydrazone groups is 1. The number of carbonyl (C=O) groups excluding carboxylic acids is 1. The van der Waals surface area contributed by atoms with Crippen LogP contribution in [0.2, 0.25) is 0 Å². The number of benzene rings is 2. The molecule has 1 saturated carbocycles. The van der Waals surface area contributed by atoms with Crippen molar-refractivity contribution in [2.75, 3.05) is 12.1 Å². The van der Waals surface area contributed by atoms with Crippen LogP contribution < -0.4 is 15.2 Å². The molecule has 0 atom stereocenters. The lowest BCUT2D eigenvalue weighted by Crippen LogP contribution is -2.33. The Morgan fingerprint density at radius 1 is 1.21 bits per heavy atom. The monoisotopic (exact) mass is 461 g/mol. The molecular weight excluding hydrogens is 438 g/mol. The van der Waals surface area contributed by atoms with E-state index < -0.39 is 0 Å². The van der Waals surface area contributed by atoms with E-state index in [4.69, 9.17) is 9.15 Å². The number of methoxy groups -OCH3 is 1. The van der Waals surface area contributed by atoms with E-state index in [2.05, 4.69) is 10.1 Å². The van der Waals surface area contributed by atoms with Crippen LogP contribution in [0.25, 0.3) is 21.2 Å². The minimum atomic E-state index is -0.195. The zero-order valence-electron chi connectivity index (χ0n) is 18.2. The number of para-hydroxylation sites is 1. The van der Waals surface area contributed by atoms with E-state index in [0.29, 0.717) is 16.1 Å². The van der Waals surface area contributed by atoms with Gasteiger partial charge in [0.25, 0.3) is 5.91 Å². The lowest BCUT2D eigenvalue weighted by atomic mass is 9.88. The van der Waals surface area contributed by atoms with Gasteiger partial charge in [0.05, 0.1) is 34.5 Å². The number of fused-ring (bicyclic) bond motifs is 2. The molecule has 0 spiro atoms. The van der Waals surface area contributed by atoms with E-state index >= 15 is 0 Å². The number of carbonyl (C=O) groups is 1. The first-order valence-electron chi connectivity index (χ1n) is 11.0. The van der Waals surface area contributed by atoms with Crippen LogP contribution >= 0.6 is 11.3 Å². The van der Waals surface area contributed by atoms with Gasteiger partial charge in [-0.05, 0) is 43.2 Å². The number of rotatable bonds is 5. The molecule has 0 bridgehead atoms. The van der Waals surface area contributed by atoms with Gasteiger partial charge in [-0.2, -0.15) is 10.1 Å². The van der Waals surface area contributed by atoms with Crippen LogP contribution in [0.4, 0.5) is 5.13 Å². The fourth-order valence-electron chi connectivity index (χ4n) is 4.14. The highest BCUT2D eigenvalue weighted by Gasteiger charge is 2.29. The second kappa shape index (κ2) is 9.15. The minimum Gasteiger partial charge on any atom is -0.497 e. The first-order chi connectivity index (χ1) is 16.1. The maximum absolute atomic E-state index is 13.5. The molecule has 1 amide bonds. The molecule has 0 radical (unpaired) electrons. The molecule has 1 fully saturated rings. The lowest BCUT2D eigenvalue weighted by molar-refractivity contribution is -0.123. The fraction of sp³-hybridized carbons (Fsp3) is 0.280. The molecule has 2 aromatic heterocycles. The van der Waals surface area contributed by atoms with Crippen LogP contribution in [-0.4, -0.2) is 24.2 Å². The second-order valence-corrected chi connectivity index (χ2v) is 9.09. The largest absolute Gasteiger partial charge is 0.497 e. The molecular formula is C25H23N3O4S.